The van der Waals surface area contributed by atoms with Gasteiger partial charge in [-0.15, -0.1) is 0 Å². The summed E-state index contributed by atoms with van der Waals surface area (Å²) in [6.07, 6.45) is 9.24. The zero-order chi connectivity index (χ0) is 25.0. The summed E-state index contributed by atoms with van der Waals surface area (Å²) in [6, 6.07) is 8.43. The molecule has 36 heavy (non-hydrogen) atoms. The quantitative estimate of drug-likeness (QED) is 0.669. The zero-order valence-corrected chi connectivity index (χ0v) is 21.5. The molecule has 6 heteroatoms. The Hall–Kier alpha value is -2.38. The summed E-state index contributed by atoms with van der Waals surface area (Å²) in [7, 11) is 3.96. The Labute approximate surface area is 212 Å². The van der Waals surface area contributed by atoms with Gasteiger partial charge in [-0.1, -0.05) is 30.7 Å². The van der Waals surface area contributed by atoms with Gasteiger partial charge in [-0.05, 0) is 93.6 Å². The van der Waals surface area contributed by atoms with Crippen LogP contribution in [0.4, 0.5) is 0 Å². The van der Waals surface area contributed by atoms with E-state index >= 15 is 0 Å². The number of aliphatic hydroxyl groups is 2. The van der Waals surface area contributed by atoms with Crippen molar-refractivity contribution in [2.45, 2.75) is 75.4 Å². The van der Waals surface area contributed by atoms with Crippen molar-refractivity contribution in [1.29, 1.82) is 0 Å². The fourth-order valence-corrected chi connectivity index (χ4v) is 8.60. The molecule has 3 aliphatic carbocycles. The molecule has 188 valence electrons. The molecule has 7 rings (SSSR count). The lowest BCUT2D eigenvalue weighted by molar-refractivity contribution is -0.162. The summed E-state index contributed by atoms with van der Waals surface area (Å²) in [4.78, 5) is 2.04. The van der Waals surface area contributed by atoms with Gasteiger partial charge >= 0.3 is 0 Å². The molecular formula is C30H35N3O3. The van der Waals surface area contributed by atoms with Gasteiger partial charge in [-0.25, -0.2) is 0 Å². The monoisotopic (exact) mass is 485 g/mol. The average Bonchev–Trinajstić information content (AvgIpc) is 3.36. The SMILES string of the molecule is CC1=C2C=C3[C@@H](O)[C@H](O)[C@@H](N(C)C)C[C@]34CC[C@]2(O4)C2CC=C(c3ccc4nnccc4c3)[C@@]2(C)C1. The number of aliphatic hydroxyl groups excluding tert-OH is 2. The number of hydrogen-bond acceptors (Lipinski definition) is 6. The minimum absolute atomic E-state index is 0.0354. The number of likely N-dealkylation sites (N-methyl/N-ethyl adjacent to an activating group) is 1. The van der Waals surface area contributed by atoms with Crippen LogP contribution in [0.25, 0.3) is 16.5 Å². The normalized spacial score (nSPS) is 41.2. The van der Waals surface area contributed by atoms with Gasteiger partial charge in [0.05, 0.1) is 29.0 Å². The van der Waals surface area contributed by atoms with Crippen LogP contribution < -0.4 is 0 Å². The van der Waals surface area contributed by atoms with E-state index in [-0.39, 0.29) is 17.1 Å². The van der Waals surface area contributed by atoms with Crippen LogP contribution in [0.2, 0.25) is 0 Å². The Kier molecular flexibility index (Phi) is 4.65. The Balaban J connectivity index is 1.33. The van der Waals surface area contributed by atoms with Gasteiger partial charge < -0.3 is 19.8 Å². The van der Waals surface area contributed by atoms with E-state index < -0.39 is 17.8 Å². The molecule has 0 amide bonds. The molecule has 2 N–H and O–H groups in total. The van der Waals surface area contributed by atoms with Crippen molar-refractivity contribution < 1.29 is 14.9 Å². The number of rotatable bonds is 2. The summed E-state index contributed by atoms with van der Waals surface area (Å²) in [5.41, 5.74) is 6.19. The number of benzene rings is 1. The molecule has 2 aromatic rings. The Bertz CT molecular complexity index is 1380. The lowest BCUT2D eigenvalue weighted by atomic mass is 9.56. The maximum atomic E-state index is 11.2. The first kappa shape index (κ1) is 22.8. The third kappa shape index (κ3) is 2.76. The van der Waals surface area contributed by atoms with Gasteiger partial charge in [0.25, 0.3) is 0 Å². The third-order valence-electron chi connectivity index (χ3n) is 10.2. The van der Waals surface area contributed by atoms with E-state index in [1.807, 2.05) is 25.1 Å². The van der Waals surface area contributed by atoms with Gasteiger partial charge in [0.15, 0.2) is 0 Å². The van der Waals surface area contributed by atoms with E-state index in [0.717, 1.165) is 42.2 Å². The Morgan fingerprint density at radius 2 is 1.97 bits per heavy atom. The molecule has 7 atom stereocenters. The van der Waals surface area contributed by atoms with Crippen molar-refractivity contribution in [3.63, 3.8) is 0 Å². The second kappa shape index (κ2) is 7.35. The van der Waals surface area contributed by atoms with Crippen molar-refractivity contribution in [3.8, 4) is 0 Å². The molecule has 6 nitrogen and oxygen atoms in total. The van der Waals surface area contributed by atoms with E-state index in [2.05, 4.69) is 54.4 Å². The number of ether oxygens (including phenoxy) is 1. The minimum Gasteiger partial charge on any atom is -0.388 e. The molecule has 5 aliphatic rings. The highest BCUT2D eigenvalue weighted by atomic mass is 16.5. The van der Waals surface area contributed by atoms with Crippen LogP contribution in [0.5, 0.6) is 0 Å². The number of fused-ring (bicyclic) bond motifs is 2. The fraction of sp³-hybridized carbons (Fsp3) is 0.533. The van der Waals surface area contributed by atoms with E-state index in [9.17, 15) is 10.2 Å². The number of aromatic nitrogens is 2. The van der Waals surface area contributed by atoms with Gasteiger partial charge in [0.2, 0.25) is 0 Å². The topological polar surface area (TPSA) is 78.7 Å². The maximum absolute atomic E-state index is 11.2. The molecule has 0 radical (unpaired) electrons. The van der Waals surface area contributed by atoms with Crippen molar-refractivity contribution in [2.75, 3.05) is 14.1 Å². The molecular weight excluding hydrogens is 450 g/mol. The summed E-state index contributed by atoms with van der Waals surface area (Å²) >= 11 is 0. The van der Waals surface area contributed by atoms with Crippen LogP contribution in [0.15, 0.2) is 59.3 Å². The second-order valence-corrected chi connectivity index (χ2v) is 12.3. The highest BCUT2D eigenvalue weighted by Crippen LogP contribution is 2.69. The molecule has 1 aromatic carbocycles. The Morgan fingerprint density at radius 3 is 2.78 bits per heavy atom. The van der Waals surface area contributed by atoms with Crippen LogP contribution in [-0.2, 0) is 4.74 Å². The van der Waals surface area contributed by atoms with E-state index in [1.54, 1.807) is 6.20 Å². The van der Waals surface area contributed by atoms with Gasteiger partial charge in [0.1, 0.15) is 6.10 Å². The number of allylic oxidation sites excluding steroid dienone is 3. The van der Waals surface area contributed by atoms with Crippen molar-refractivity contribution in [2.24, 2.45) is 11.3 Å². The van der Waals surface area contributed by atoms with E-state index in [1.165, 1.54) is 22.3 Å². The Morgan fingerprint density at radius 1 is 1.14 bits per heavy atom. The molecule has 2 bridgehead atoms. The molecule has 3 heterocycles. The van der Waals surface area contributed by atoms with E-state index in [4.69, 9.17) is 4.74 Å². The molecule has 1 aromatic heterocycles. The van der Waals surface area contributed by atoms with Crippen molar-refractivity contribution in [1.82, 2.24) is 15.1 Å². The summed E-state index contributed by atoms with van der Waals surface area (Å²) in [5, 5.41) is 31.6. The first-order chi connectivity index (χ1) is 17.2. The van der Waals surface area contributed by atoms with Gasteiger partial charge in [-0.3, -0.25) is 0 Å². The van der Waals surface area contributed by atoms with E-state index in [0.29, 0.717) is 12.3 Å². The van der Waals surface area contributed by atoms with Crippen LogP contribution in [0, 0.1) is 11.3 Å². The average molecular weight is 486 g/mol. The van der Waals surface area contributed by atoms with Gasteiger partial charge in [0, 0.05) is 22.8 Å². The highest BCUT2D eigenvalue weighted by molar-refractivity contribution is 5.85. The van der Waals surface area contributed by atoms with Crippen LogP contribution in [-0.4, -0.2) is 68.9 Å². The molecule has 2 fully saturated rings. The predicted molar refractivity (Wildman–Crippen MR) is 139 cm³/mol. The summed E-state index contributed by atoms with van der Waals surface area (Å²) in [6.45, 7) is 4.67. The lowest BCUT2D eigenvalue weighted by Crippen LogP contribution is -2.62. The number of nitrogens with zero attached hydrogens (tertiary/aromatic N) is 3. The fourth-order valence-electron chi connectivity index (χ4n) is 8.60. The number of hydrogen-bond donors (Lipinski definition) is 2. The molecule has 1 saturated heterocycles. The highest BCUT2D eigenvalue weighted by Gasteiger charge is 2.68. The van der Waals surface area contributed by atoms with Crippen LogP contribution >= 0.6 is 0 Å². The molecule has 1 saturated carbocycles. The first-order valence-electron chi connectivity index (χ1n) is 13.3. The third-order valence-corrected chi connectivity index (χ3v) is 10.2. The molecule has 2 aliphatic heterocycles. The standard InChI is InChI=1S/C30H35N3O3/c1-17-15-28(2)20(18-5-7-23-19(13-18)9-12-31-32-23)6-8-25(28)30-11-10-29(36-30)16-24(33(3)4)27(35)26(34)22(29)14-21(17)30/h5-7,9,12-14,24-27,34-35H,8,10-11,15-16H2,1-4H3/t24-,25?,26+,27+,28+,29+,30+/m0/s1. The second-order valence-electron chi connectivity index (χ2n) is 12.3. The van der Waals surface area contributed by atoms with Crippen molar-refractivity contribution >= 4 is 16.5 Å². The first-order valence-corrected chi connectivity index (χ1v) is 13.3. The van der Waals surface area contributed by atoms with Crippen LogP contribution in [0.1, 0.15) is 51.5 Å². The maximum Gasteiger partial charge on any atom is 0.105 e. The lowest BCUT2D eigenvalue weighted by Gasteiger charge is -2.56. The largest absolute Gasteiger partial charge is 0.388 e. The minimum atomic E-state index is -0.895. The smallest absolute Gasteiger partial charge is 0.105 e. The van der Waals surface area contributed by atoms with Gasteiger partial charge in [-0.2, -0.15) is 10.2 Å². The molecule has 2 spiro atoms. The summed E-state index contributed by atoms with van der Waals surface area (Å²) in [5.74, 6) is 0.337. The summed E-state index contributed by atoms with van der Waals surface area (Å²) < 4.78 is 7.31. The van der Waals surface area contributed by atoms with Crippen LogP contribution in [0.3, 0.4) is 0 Å². The van der Waals surface area contributed by atoms with Crippen molar-refractivity contribution in [3.05, 3.63) is 64.9 Å². The predicted octanol–water partition coefficient (Wildman–Crippen LogP) is 4.04. The molecule has 1 unspecified atom stereocenters. The zero-order valence-electron chi connectivity index (χ0n) is 21.5.